The van der Waals surface area contributed by atoms with E-state index in [9.17, 15) is 4.79 Å². The number of nitrogens with zero attached hydrogens (tertiary/aromatic N) is 2. The van der Waals surface area contributed by atoms with E-state index in [1.807, 2.05) is 30.9 Å². The van der Waals surface area contributed by atoms with Crippen molar-refractivity contribution in [1.29, 1.82) is 0 Å². The van der Waals surface area contributed by atoms with E-state index in [1.54, 1.807) is 12.4 Å². The van der Waals surface area contributed by atoms with Crippen LogP contribution in [-0.2, 0) is 11.3 Å². The zero-order valence-electron chi connectivity index (χ0n) is 11.3. The number of carbonyl (C=O) groups is 1. The molecule has 4 nitrogen and oxygen atoms in total. The Bertz CT molecular complexity index is 416. The minimum atomic E-state index is -0.474. The van der Waals surface area contributed by atoms with Crippen LogP contribution in [0.15, 0.2) is 24.5 Å². The second kappa shape index (κ2) is 5.06. The minimum absolute atomic E-state index is 0.170. The van der Waals surface area contributed by atoms with Gasteiger partial charge in [0.25, 0.3) is 0 Å². The lowest BCUT2D eigenvalue weighted by atomic mass is 10.0. The first-order chi connectivity index (χ1) is 8.49. The van der Waals surface area contributed by atoms with Crippen molar-refractivity contribution < 1.29 is 4.79 Å². The average molecular weight is 247 g/mol. The Labute approximate surface area is 108 Å². The maximum Gasteiger partial charge on any atom is 0.242 e. The molecule has 0 aromatic carbocycles. The SMILES string of the molecule is CC1CNC(C)(C)C(=O)N(Cc2ccncc2)C1. The topological polar surface area (TPSA) is 45.2 Å². The number of hydrogen-bond donors (Lipinski definition) is 1. The first-order valence-corrected chi connectivity index (χ1v) is 6.42. The summed E-state index contributed by atoms with van der Waals surface area (Å²) >= 11 is 0. The number of nitrogens with one attached hydrogen (secondary N) is 1. The van der Waals surface area contributed by atoms with Crippen LogP contribution < -0.4 is 5.32 Å². The van der Waals surface area contributed by atoms with Gasteiger partial charge in [0, 0.05) is 32.0 Å². The fourth-order valence-electron chi connectivity index (χ4n) is 2.27. The summed E-state index contributed by atoms with van der Waals surface area (Å²) in [5.41, 5.74) is 0.654. The van der Waals surface area contributed by atoms with Crippen molar-refractivity contribution in [1.82, 2.24) is 15.2 Å². The number of pyridine rings is 1. The van der Waals surface area contributed by atoms with E-state index in [0.29, 0.717) is 12.5 Å². The van der Waals surface area contributed by atoms with Crippen molar-refractivity contribution in [2.75, 3.05) is 13.1 Å². The van der Waals surface area contributed by atoms with Crippen molar-refractivity contribution in [3.63, 3.8) is 0 Å². The van der Waals surface area contributed by atoms with Gasteiger partial charge in [-0.05, 0) is 37.5 Å². The molecule has 18 heavy (non-hydrogen) atoms. The fraction of sp³-hybridized carbons (Fsp3) is 0.571. The van der Waals surface area contributed by atoms with Crippen LogP contribution in [0, 0.1) is 5.92 Å². The molecule has 1 aliphatic heterocycles. The van der Waals surface area contributed by atoms with Crippen molar-refractivity contribution in [3.05, 3.63) is 30.1 Å². The monoisotopic (exact) mass is 247 g/mol. The molecule has 2 rings (SSSR count). The van der Waals surface area contributed by atoms with Crippen molar-refractivity contribution in [3.8, 4) is 0 Å². The second-order valence-corrected chi connectivity index (χ2v) is 5.65. The molecule has 1 unspecified atom stereocenters. The molecule has 98 valence electrons. The molecule has 0 spiro atoms. The molecule has 0 bridgehead atoms. The minimum Gasteiger partial charge on any atom is -0.336 e. The first-order valence-electron chi connectivity index (χ1n) is 6.42. The predicted molar refractivity (Wildman–Crippen MR) is 70.9 cm³/mol. The molecule has 2 heterocycles. The normalized spacial score (nSPS) is 23.8. The van der Waals surface area contributed by atoms with Gasteiger partial charge in [0.1, 0.15) is 0 Å². The van der Waals surface area contributed by atoms with Crippen LogP contribution >= 0.6 is 0 Å². The molecular weight excluding hydrogens is 226 g/mol. The summed E-state index contributed by atoms with van der Waals surface area (Å²) in [5.74, 6) is 0.640. The summed E-state index contributed by atoms with van der Waals surface area (Å²) in [6.07, 6.45) is 3.54. The predicted octanol–water partition coefficient (Wildman–Crippen LogP) is 1.43. The van der Waals surface area contributed by atoms with Crippen molar-refractivity contribution in [2.45, 2.75) is 32.9 Å². The van der Waals surface area contributed by atoms with Crippen LogP contribution in [0.4, 0.5) is 0 Å². The molecule has 1 saturated heterocycles. The fourth-order valence-corrected chi connectivity index (χ4v) is 2.27. The smallest absolute Gasteiger partial charge is 0.242 e. The number of hydrogen-bond acceptors (Lipinski definition) is 3. The Kier molecular flexibility index (Phi) is 3.66. The lowest BCUT2D eigenvalue weighted by molar-refractivity contribution is -0.136. The molecule has 1 atom stereocenters. The third kappa shape index (κ3) is 2.88. The molecular formula is C14H21N3O. The Hall–Kier alpha value is -1.42. The third-order valence-corrected chi connectivity index (χ3v) is 3.37. The molecule has 4 heteroatoms. The summed E-state index contributed by atoms with van der Waals surface area (Å²) in [6.45, 7) is 8.42. The van der Waals surface area contributed by atoms with Crippen LogP contribution in [-0.4, -0.2) is 34.4 Å². The molecule has 0 aliphatic carbocycles. The summed E-state index contributed by atoms with van der Waals surface area (Å²) in [7, 11) is 0. The zero-order chi connectivity index (χ0) is 13.2. The van der Waals surface area contributed by atoms with E-state index in [0.717, 1.165) is 18.7 Å². The van der Waals surface area contributed by atoms with E-state index < -0.39 is 5.54 Å². The summed E-state index contributed by atoms with van der Waals surface area (Å²) < 4.78 is 0. The van der Waals surface area contributed by atoms with E-state index in [-0.39, 0.29) is 5.91 Å². The molecule has 0 radical (unpaired) electrons. The lowest BCUT2D eigenvalue weighted by Gasteiger charge is -2.29. The van der Waals surface area contributed by atoms with Crippen LogP contribution in [0.2, 0.25) is 0 Å². The van der Waals surface area contributed by atoms with Gasteiger partial charge in [-0.25, -0.2) is 0 Å². The first kappa shape index (κ1) is 13.0. The maximum atomic E-state index is 12.5. The van der Waals surface area contributed by atoms with Gasteiger partial charge in [0.15, 0.2) is 0 Å². The quantitative estimate of drug-likeness (QED) is 0.860. The zero-order valence-corrected chi connectivity index (χ0v) is 11.3. The Morgan fingerprint density at radius 2 is 2.11 bits per heavy atom. The molecule has 1 aromatic rings. The number of aromatic nitrogens is 1. The van der Waals surface area contributed by atoms with Gasteiger partial charge in [-0.2, -0.15) is 0 Å². The Morgan fingerprint density at radius 1 is 1.44 bits per heavy atom. The number of amides is 1. The Balaban J connectivity index is 2.16. The van der Waals surface area contributed by atoms with Gasteiger partial charge in [0.05, 0.1) is 5.54 Å². The molecule has 1 fully saturated rings. The van der Waals surface area contributed by atoms with Gasteiger partial charge < -0.3 is 10.2 Å². The highest BCUT2D eigenvalue weighted by molar-refractivity contribution is 5.85. The van der Waals surface area contributed by atoms with Crippen molar-refractivity contribution >= 4 is 5.91 Å². The maximum absolute atomic E-state index is 12.5. The summed E-state index contributed by atoms with van der Waals surface area (Å²) in [4.78, 5) is 18.4. The van der Waals surface area contributed by atoms with Crippen LogP contribution in [0.25, 0.3) is 0 Å². The largest absolute Gasteiger partial charge is 0.336 e. The van der Waals surface area contributed by atoms with E-state index in [4.69, 9.17) is 0 Å². The average Bonchev–Trinajstić information content (AvgIpc) is 2.44. The Morgan fingerprint density at radius 3 is 2.78 bits per heavy atom. The van der Waals surface area contributed by atoms with Crippen molar-refractivity contribution in [2.24, 2.45) is 5.92 Å². The molecule has 1 aliphatic rings. The third-order valence-electron chi connectivity index (χ3n) is 3.37. The number of rotatable bonds is 2. The van der Waals surface area contributed by atoms with Gasteiger partial charge in [-0.3, -0.25) is 9.78 Å². The van der Waals surface area contributed by atoms with Gasteiger partial charge in [0.2, 0.25) is 5.91 Å². The molecule has 1 amide bonds. The number of carbonyl (C=O) groups excluding carboxylic acids is 1. The van der Waals surface area contributed by atoms with E-state index in [1.165, 1.54) is 0 Å². The van der Waals surface area contributed by atoms with Crippen LogP contribution in [0.5, 0.6) is 0 Å². The highest BCUT2D eigenvalue weighted by Gasteiger charge is 2.35. The summed E-state index contributed by atoms with van der Waals surface area (Å²) in [6, 6.07) is 3.92. The molecule has 1 N–H and O–H groups in total. The highest BCUT2D eigenvalue weighted by Crippen LogP contribution is 2.17. The van der Waals surface area contributed by atoms with Gasteiger partial charge in [-0.1, -0.05) is 6.92 Å². The van der Waals surface area contributed by atoms with Crippen LogP contribution in [0.3, 0.4) is 0 Å². The van der Waals surface area contributed by atoms with Gasteiger partial charge >= 0.3 is 0 Å². The van der Waals surface area contributed by atoms with Crippen LogP contribution in [0.1, 0.15) is 26.3 Å². The standard InChI is InChI=1S/C14H21N3O/c1-11-8-16-14(2,3)13(18)17(9-11)10-12-4-6-15-7-5-12/h4-7,11,16H,8-10H2,1-3H3. The summed E-state index contributed by atoms with van der Waals surface area (Å²) in [5, 5.41) is 3.33. The van der Waals surface area contributed by atoms with Gasteiger partial charge in [-0.15, -0.1) is 0 Å². The highest BCUT2D eigenvalue weighted by atomic mass is 16.2. The van der Waals surface area contributed by atoms with E-state index in [2.05, 4.69) is 17.2 Å². The molecule has 0 saturated carbocycles. The second-order valence-electron chi connectivity index (χ2n) is 5.65. The molecule has 1 aromatic heterocycles. The van der Waals surface area contributed by atoms with E-state index >= 15 is 0 Å². The lowest BCUT2D eigenvalue weighted by Crippen LogP contribution is -2.51.